The van der Waals surface area contributed by atoms with E-state index in [4.69, 9.17) is 9.47 Å². The highest BCUT2D eigenvalue weighted by molar-refractivity contribution is 8.19. The third kappa shape index (κ3) is 3.98. The molecule has 148 valence electrons. The van der Waals surface area contributed by atoms with E-state index in [1.807, 2.05) is 58.8 Å². The normalized spacial score (nSPS) is 19.4. The smallest absolute Gasteiger partial charge is 0.265 e. The average Bonchev–Trinajstić information content (AvgIpc) is 3.26. The van der Waals surface area contributed by atoms with E-state index in [0.29, 0.717) is 16.1 Å². The molecule has 0 bridgehead atoms. The first-order valence-corrected chi connectivity index (χ1v) is 11.7. The molecule has 2 heterocycles. The van der Waals surface area contributed by atoms with Gasteiger partial charge in [-0.3, -0.25) is 4.79 Å². The van der Waals surface area contributed by atoms with E-state index in [-0.39, 0.29) is 18.6 Å². The van der Waals surface area contributed by atoms with Crippen LogP contribution in [0.5, 0.6) is 11.5 Å². The van der Waals surface area contributed by atoms with Crippen LogP contribution in [0.3, 0.4) is 0 Å². The molecule has 2 aliphatic rings. The second-order valence-corrected chi connectivity index (χ2v) is 9.78. The molecular formula is C22H25NO3S2. The van der Waals surface area contributed by atoms with Gasteiger partial charge in [0.05, 0.1) is 11.7 Å². The Morgan fingerprint density at radius 2 is 1.93 bits per heavy atom. The number of anilines is 1. The molecule has 2 aromatic rings. The summed E-state index contributed by atoms with van der Waals surface area (Å²) in [6.45, 7) is 2.10. The number of ether oxygens (including phenoxy) is 2. The van der Waals surface area contributed by atoms with Crippen molar-refractivity contribution in [1.82, 2.24) is 0 Å². The second kappa shape index (κ2) is 8.70. The fourth-order valence-electron chi connectivity index (χ4n) is 3.78. The van der Waals surface area contributed by atoms with Crippen LogP contribution in [0.15, 0.2) is 42.5 Å². The number of aryl methyl sites for hydroxylation is 1. The van der Waals surface area contributed by atoms with Gasteiger partial charge in [0.15, 0.2) is 18.1 Å². The highest BCUT2D eigenvalue weighted by atomic mass is 32.2. The van der Waals surface area contributed by atoms with Gasteiger partial charge in [-0.15, -0.1) is 23.5 Å². The Morgan fingerprint density at radius 1 is 1.14 bits per heavy atom. The third-order valence-electron chi connectivity index (χ3n) is 5.22. The largest absolute Gasteiger partial charge is 0.493 e. The molecule has 28 heavy (non-hydrogen) atoms. The Kier molecular flexibility index (Phi) is 6.07. The molecule has 2 aromatic carbocycles. The van der Waals surface area contributed by atoms with Gasteiger partial charge < -0.3 is 14.4 Å². The molecular weight excluding hydrogens is 390 g/mol. The van der Waals surface area contributed by atoms with Crippen LogP contribution in [0, 0.1) is 0 Å². The van der Waals surface area contributed by atoms with E-state index >= 15 is 0 Å². The number of fused-ring (bicyclic) bond motifs is 1. The maximum absolute atomic E-state index is 13.0. The lowest BCUT2D eigenvalue weighted by molar-refractivity contribution is -0.121. The van der Waals surface area contributed by atoms with Gasteiger partial charge in [-0.05, 0) is 49.1 Å². The van der Waals surface area contributed by atoms with E-state index in [9.17, 15) is 4.79 Å². The van der Waals surface area contributed by atoms with Crippen LogP contribution in [-0.4, -0.2) is 37.2 Å². The lowest BCUT2D eigenvalue weighted by Crippen LogP contribution is -2.44. The van der Waals surface area contributed by atoms with E-state index in [1.54, 1.807) is 7.11 Å². The first kappa shape index (κ1) is 19.5. The number of nitrogens with zero attached hydrogens (tertiary/aromatic N) is 1. The number of amides is 1. The minimum Gasteiger partial charge on any atom is -0.493 e. The summed E-state index contributed by atoms with van der Waals surface area (Å²) in [5.41, 5.74) is 3.47. The molecule has 0 saturated carbocycles. The number of para-hydroxylation sites is 1. The summed E-state index contributed by atoms with van der Waals surface area (Å²) in [4.78, 5) is 14.9. The number of hydrogen-bond acceptors (Lipinski definition) is 5. The number of carbonyl (C=O) groups is 1. The second-order valence-electron chi connectivity index (χ2n) is 7.05. The van der Waals surface area contributed by atoms with Crippen LogP contribution >= 0.6 is 23.5 Å². The molecule has 4 rings (SSSR count). The number of benzene rings is 2. The molecule has 4 nitrogen and oxygen atoms in total. The van der Waals surface area contributed by atoms with Gasteiger partial charge in [0.2, 0.25) is 0 Å². The van der Waals surface area contributed by atoms with Gasteiger partial charge in [-0.25, -0.2) is 0 Å². The Balaban J connectivity index is 1.47. The summed E-state index contributed by atoms with van der Waals surface area (Å²) in [7, 11) is 1.64. The summed E-state index contributed by atoms with van der Waals surface area (Å²) in [6, 6.07) is 14.4. The van der Waals surface area contributed by atoms with Crippen molar-refractivity contribution in [2.45, 2.75) is 30.4 Å². The van der Waals surface area contributed by atoms with Gasteiger partial charge in [0.1, 0.15) is 0 Å². The molecule has 0 N–H and O–H groups in total. The van der Waals surface area contributed by atoms with Crippen molar-refractivity contribution in [1.29, 1.82) is 0 Å². The van der Waals surface area contributed by atoms with Crippen molar-refractivity contribution >= 4 is 35.1 Å². The number of rotatable bonds is 5. The first-order chi connectivity index (χ1) is 13.7. The minimum absolute atomic E-state index is 0.00130. The van der Waals surface area contributed by atoms with Crippen LogP contribution in [0.25, 0.3) is 0 Å². The van der Waals surface area contributed by atoms with Gasteiger partial charge in [-0.1, -0.05) is 24.3 Å². The van der Waals surface area contributed by atoms with Gasteiger partial charge >= 0.3 is 0 Å². The van der Waals surface area contributed by atoms with Gasteiger partial charge in [0, 0.05) is 23.2 Å². The van der Waals surface area contributed by atoms with Crippen LogP contribution in [-0.2, 0) is 11.2 Å². The van der Waals surface area contributed by atoms with Crippen molar-refractivity contribution in [3.8, 4) is 11.5 Å². The summed E-state index contributed by atoms with van der Waals surface area (Å²) in [5.74, 6) is 3.64. The van der Waals surface area contributed by atoms with Crippen molar-refractivity contribution in [3.05, 3.63) is 53.6 Å². The molecule has 6 heteroatoms. The average molecular weight is 416 g/mol. The Morgan fingerprint density at radius 3 is 2.71 bits per heavy atom. The van der Waals surface area contributed by atoms with E-state index in [2.05, 4.69) is 19.1 Å². The monoisotopic (exact) mass is 415 g/mol. The molecule has 1 amide bonds. The van der Waals surface area contributed by atoms with Crippen LogP contribution < -0.4 is 14.4 Å². The van der Waals surface area contributed by atoms with Crippen molar-refractivity contribution in [3.63, 3.8) is 0 Å². The zero-order valence-corrected chi connectivity index (χ0v) is 17.9. The predicted molar refractivity (Wildman–Crippen MR) is 118 cm³/mol. The molecule has 1 fully saturated rings. The Bertz CT molecular complexity index is 851. The first-order valence-electron chi connectivity index (χ1n) is 9.61. The van der Waals surface area contributed by atoms with E-state index < -0.39 is 0 Å². The van der Waals surface area contributed by atoms with Gasteiger partial charge in [0.25, 0.3) is 5.91 Å². The zero-order chi connectivity index (χ0) is 19.5. The summed E-state index contributed by atoms with van der Waals surface area (Å²) in [6.07, 6.45) is 1.98. The van der Waals surface area contributed by atoms with Gasteiger partial charge in [-0.2, -0.15) is 0 Å². The Labute approximate surface area is 175 Å². The number of methoxy groups -OCH3 is 1. The number of hydrogen-bond donors (Lipinski definition) is 0. The Hall–Kier alpha value is -1.79. The number of carbonyl (C=O) groups excluding carboxylic acids is 1. The quantitative estimate of drug-likeness (QED) is 0.693. The zero-order valence-electron chi connectivity index (χ0n) is 16.2. The molecule has 0 spiro atoms. The maximum atomic E-state index is 13.0. The summed E-state index contributed by atoms with van der Waals surface area (Å²) >= 11 is 3.91. The molecule has 1 atom stereocenters. The lowest BCUT2D eigenvalue weighted by Gasteiger charge is -2.35. The summed E-state index contributed by atoms with van der Waals surface area (Å²) < 4.78 is 11.9. The van der Waals surface area contributed by atoms with Crippen molar-refractivity contribution in [2.75, 3.05) is 30.1 Å². The lowest BCUT2D eigenvalue weighted by atomic mass is 9.96. The highest BCUT2D eigenvalue weighted by Crippen LogP contribution is 2.47. The van der Waals surface area contributed by atoms with Crippen LogP contribution in [0.1, 0.15) is 29.1 Å². The molecule has 2 aliphatic heterocycles. The maximum Gasteiger partial charge on any atom is 0.265 e. The standard InChI is InChI=1S/C22H25NO3S2/c1-15-7-8-16-5-3-4-6-18(16)23(15)21(24)14-26-19-10-9-17(13-20(19)25-2)22-27-11-12-28-22/h3-6,9-10,13,15,22H,7-8,11-12,14H2,1-2H3. The van der Waals surface area contributed by atoms with Crippen LogP contribution in [0.2, 0.25) is 0 Å². The van der Waals surface area contributed by atoms with E-state index in [1.165, 1.54) is 22.6 Å². The minimum atomic E-state index is -0.0207. The highest BCUT2D eigenvalue weighted by Gasteiger charge is 2.28. The topological polar surface area (TPSA) is 38.8 Å². The van der Waals surface area contributed by atoms with Crippen molar-refractivity contribution < 1.29 is 14.3 Å². The molecule has 0 aliphatic carbocycles. The fourth-order valence-corrected chi connectivity index (χ4v) is 6.62. The summed E-state index contributed by atoms with van der Waals surface area (Å²) in [5, 5.41) is 0. The SMILES string of the molecule is COc1cc(C2SCCS2)ccc1OCC(=O)N1c2ccccc2CCC1C. The predicted octanol–water partition coefficient (Wildman–Crippen LogP) is 4.92. The van der Waals surface area contributed by atoms with Crippen molar-refractivity contribution in [2.24, 2.45) is 0 Å². The molecule has 0 radical (unpaired) electrons. The fraction of sp³-hybridized carbons (Fsp3) is 0.409. The number of thioether (sulfide) groups is 2. The molecule has 1 saturated heterocycles. The third-order valence-corrected chi connectivity index (χ3v) is 8.33. The van der Waals surface area contributed by atoms with E-state index in [0.717, 1.165) is 18.5 Å². The molecule has 1 unspecified atom stereocenters. The van der Waals surface area contributed by atoms with Crippen LogP contribution in [0.4, 0.5) is 5.69 Å². The molecule has 0 aromatic heterocycles.